The topological polar surface area (TPSA) is 79.7 Å². The zero-order chi connectivity index (χ0) is 23.7. The predicted octanol–water partition coefficient (Wildman–Crippen LogP) is 5.11. The normalized spacial score (nSPS) is 17.6. The van der Waals surface area contributed by atoms with Crippen molar-refractivity contribution in [1.29, 1.82) is 0 Å². The lowest BCUT2D eigenvalue weighted by Crippen LogP contribution is -2.30. The maximum absolute atomic E-state index is 13.3. The summed E-state index contributed by atoms with van der Waals surface area (Å²) in [7, 11) is 0. The van der Waals surface area contributed by atoms with Crippen molar-refractivity contribution in [2.24, 2.45) is 0 Å². The second kappa shape index (κ2) is 8.90. The lowest BCUT2D eigenvalue weighted by atomic mass is 9.97. The highest BCUT2D eigenvalue weighted by Crippen LogP contribution is 2.42. The zero-order valence-corrected chi connectivity index (χ0v) is 19.1. The lowest BCUT2D eigenvalue weighted by Gasteiger charge is -2.26. The molecule has 1 aromatic heterocycles. The number of benzene rings is 2. The van der Waals surface area contributed by atoms with Crippen LogP contribution in [0, 0.1) is 13.8 Å². The maximum atomic E-state index is 13.3. The second-order valence-electron chi connectivity index (χ2n) is 8.41. The average Bonchev–Trinajstić information content (AvgIpc) is 3.06. The van der Waals surface area contributed by atoms with Gasteiger partial charge in [0.1, 0.15) is 17.6 Å². The van der Waals surface area contributed by atoms with Crippen LogP contribution in [0.15, 0.2) is 72.4 Å². The van der Waals surface area contributed by atoms with Crippen molar-refractivity contribution in [3.8, 4) is 5.75 Å². The van der Waals surface area contributed by atoms with Crippen molar-refractivity contribution in [3.05, 3.63) is 94.8 Å². The predicted molar refractivity (Wildman–Crippen MR) is 127 cm³/mol. The fourth-order valence-electron chi connectivity index (χ4n) is 4.02. The summed E-state index contributed by atoms with van der Waals surface area (Å²) < 4.78 is 5.74. The molecule has 168 valence electrons. The molecule has 1 N–H and O–H groups in total. The molecule has 0 aliphatic carbocycles. The molecule has 1 saturated heterocycles. The molecule has 1 amide bonds. The Hall–Kier alpha value is -3.93. The molecule has 33 heavy (non-hydrogen) atoms. The van der Waals surface area contributed by atoms with Crippen molar-refractivity contribution in [2.45, 2.75) is 39.8 Å². The summed E-state index contributed by atoms with van der Waals surface area (Å²) in [5.74, 6) is -1.15. The van der Waals surface area contributed by atoms with E-state index in [1.807, 2.05) is 45.9 Å². The molecule has 2 aromatic carbocycles. The van der Waals surface area contributed by atoms with Crippen molar-refractivity contribution in [1.82, 2.24) is 4.98 Å². The molecule has 6 heteroatoms. The monoisotopic (exact) mass is 442 g/mol. The highest BCUT2D eigenvalue weighted by atomic mass is 16.5. The first-order valence-electron chi connectivity index (χ1n) is 10.8. The van der Waals surface area contributed by atoms with Crippen molar-refractivity contribution in [2.75, 3.05) is 4.90 Å². The molecule has 3 aromatic rings. The summed E-state index contributed by atoms with van der Waals surface area (Å²) in [5, 5.41) is 11.3. The smallest absolute Gasteiger partial charge is 0.300 e. The molecule has 6 nitrogen and oxygen atoms in total. The third-order valence-corrected chi connectivity index (χ3v) is 5.52. The minimum Gasteiger partial charge on any atom is -0.507 e. The van der Waals surface area contributed by atoms with Crippen LogP contribution in [0.4, 0.5) is 5.69 Å². The quantitative estimate of drug-likeness (QED) is 0.337. The number of aliphatic hydroxyl groups excluding tert-OH is 1. The molecule has 0 saturated carbocycles. The van der Waals surface area contributed by atoms with Crippen LogP contribution in [0.25, 0.3) is 5.76 Å². The van der Waals surface area contributed by atoms with E-state index < -0.39 is 17.7 Å². The fraction of sp³-hybridized carbons (Fsp3) is 0.222. The van der Waals surface area contributed by atoms with Gasteiger partial charge in [-0.05, 0) is 69.2 Å². The second-order valence-corrected chi connectivity index (χ2v) is 8.41. The number of hydrogen-bond donors (Lipinski definition) is 1. The number of carbonyl (C=O) groups excluding carboxylic acids is 2. The highest BCUT2D eigenvalue weighted by molar-refractivity contribution is 6.51. The van der Waals surface area contributed by atoms with E-state index in [2.05, 4.69) is 4.98 Å². The zero-order valence-electron chi connectivity index (χ0n) is 19.1. The Morgan fingerprint density at radius 3 is 2.52 bits per heavy atom. The Morgan fingerprint density at radius 1 is 1.03 bits per heavy atom. The van der Waals surface area contributed by atoms with Crippen LogP contribution in [0.1, 0.15) is 42.3 Å². The number of aryl methyl sites for hydroxylation is 2. The Kier molecular flexibility index (Phi) is 6.01. The van der Waals surface area contributed by atoms with Gasteiger partial charge in [0, 0.05) is 17.4 Å². The first-order chi connectivity index (χ1) is 15.8. The van der Waals surface area contributed by atoms with Crippen LogP contribution in [0.5, 0.6) is 5.75 Å². The van der Waals surface area contributed by atoms with Crippen LogP contribution < -0.4 is 9.64 Å². The summed E-state index contributed by atoms with van der Waals surface area (Å²) in [5.41, 5.74) is 3.30. The van der Waals surface area contributed by atoms with E-state index in [0.29, 0.717) is 22.7 Å². The molecular weight excluding hydrogens is 416 g/mol. The number of rotatable bonds is 5. The van der Waals surface area contributed by atoms with Crippen LogP contribution >= 0.6 is 0 Å². The van der Waals surface area contributed by atoms with E-state index >= 15 is 0 Å². The molecule has 0 spiro atoms. The maximum Gasteiger partial charge on any atom is 0.300 e. The van der Waals surface area contributed by atoms with Crippen LogP contribution in [0.2, 0.25) is 0 Å². The van der Waals surface area contributed by atoms with Gasteiger partial charge in [0.15, 0.2) is 0 Å². The van der Waals surface area contributed by atoms with Gasteiger partial charge in [-0.25, -0.2) is 0 Å². The van der Waals surface area contributed by atoms with Crippen LogP contribution in [-0.4, -0.2) is 27.9 Å². The number of hydrogen-bond acceptors (Lipinski definition) is 5. The van der Waals surface area contributed by atoms with E-state index in [-0.39, 0.29) is 17.4 Å². The largest absolute Gasteiger partial charge is 0.507 e. The van der Waals surface area contributed by atoms with Gasteiger partial charge in [-0.2, -0.15) is 0 Å². The van der Waals surface area contributed by atoms with E-state index in [0.717, 1.165) is 11.1 Å². The van der Waals surface area contributed by atoms with Gasteiger partial charge < -0.3 is 9.84 Å². The van der Waals surface area contributed by atoms with Crippen molar-refractivity contribution >= 4 is 23.1 Å². The number of ketones is 1. The van der Waals surface area contributed by atoms with Gasteiger partial charge in [-0.15, -0.1) is 0 Å². The number of aliphatic hydroxyl groups is 1. The van der Waals surface area contributed by atoms with E-state index in [1.165, 1.54) is 4.90 Å². The third kappa shape index (κ3) is 4.24. The highest BCUT2D eigenvalue weighted by Gasteiger charge is 2.48. The van der Waals surface area contributed by atoms with Crippen molar-refractivity contribution < 1.29 is 19.4 Å². The van der Waals surface area contributed by atoms with E-state index in [9.17, 15) is 14.7 Å². The fourth-order valence-corrected chi connectivity index (χ4v) is 4.02. The average molecular weight is 443 g/mol. The van der Waals surface area contributed by atoms with Gasteiger partial charge in [-0.3, -0.25) is 19.5 Å². The first kappa shape index (κ1) is 22.3. The minimum absolute atomic E-state index is 0.00121. The van der Waals surface area contributed by atoms with E-state index in [1.54, 1.807) is 48.7 Å². The Bertz CT molecular complexity index is 1250. The molecule has 1 fully saturated rings. The molecule has 1 unspecified atom stereocenters. The van der Waals surface area contributed by atoms with Crippen LogP contribution in [-0.2, 0) is 9.59 Å². The standard InChI is InChI=1S/C27H26N2O4/c1-16(2)33-20-9-7-8-19(15-20)25(30)23-24(21-10-5-6-13-28-21)29(27(32)26(23)31)22-14-17(3)11-12-18(22)4/h5-16,24,30H,1-4H3/b25-23+. The molecule has 2 heterocycles. The van der Waals surface area contributed by atoms with Gasteiger partial charge in [0.2, 0.25) is 0 Å². The van der Waals surface area contributed by atoms with Gasteiger partial charge in [-0.1, -0.05) is 30.3 Å². The number of nitrogens with zero attached hydrogens (tertiary/aromatic N) is 2. The van der Waals surface area contributed by atoms with Gasteiger partial charge in [0.05, 0.1) is 17.4 Å². The number of anilines is 1. The molecule has 0 radical (unpaired) electrons. The van der Waals surface area contributed by atoms with Crippen LogP contribution in [0.3, 0.4) is 0 Å². The third-order valence-electron chi connectivity index (χ3n) is 5.52. The summed E-state index contributed by atoms with van der Waals surface area (Å²) in [4.78, 5) is 32.4. The number of amides is 1. The number of Topliss-reactive ketones (excluding diaryl/α,β-unsaturated/α-hetero) is 1. The number of pyridine rings is 1. The summed E-state index contributed by atoms with van der Waals surface area (Å²) in [6.07, 6.45) is 1.56. The van der Waals surface area contributed by atoms with Gasteiger partial charge >= 0.3 is 0 Å². The Morgan fingerprint density at radius 2 is 1.82 bits per heavy atom. The van der Waals surface area contributed by atoms with E-state index in [4.69, 9.17) is 4.74 Å². The molecule has 1 aliphatic heterocycles. The number of aromatic nitrogens is 1. The van der Waals surface area contributed by atoms with Gasteiger partial charge in [0.25, 0.3) is 11.7 Å². The minimum atomic E-state index is -0.860. The number of carbonyl (C=O) groups is 2. The Balaban J connectivity index is 1.93. The summed E-state index contributed by atoms with van der Waals surface area (Å²) in [6, 6.07) is 17.0. The SMILES string of the molecule is Cc1ccc(C)c(N2C(=O)C(=O)/C(=C(/O)c3cccc(OC(C)C)c3)C2c2ccccn2)c1. The molecular formula is C27H26N2O4. The lowest BCUT2D eigenvalue weighted by molar-refractivity contribution is -0.132. The molecule has 4 rings (SSSR count). The molecule has 1 aliphatic rings. The Labute approximate surface area is 193 Å². The first-order valence-corrected chi connectivity index (χ1v) is 10.8. The summed E-state index contributed by atoms with van der Waals surface area (Å²) in [6.45, 7) is 7.62. The molecule has 0 bridgehead atoms. The van der Waals surface area contributed by atoms with Crippen molar-refractivity contribution in [3.63, 3.8) is 0 Å². The number of ether oxygens (including phenoxy) is 1. The molecule has 1 atom stereocenters. The summed E-state index contributed by atoms with van der Waals surface area (Å²) >= 11 is 0.